The van der Waals surface area contributed by atoms with Crippen LogP contribution in [0, 0.1) is 5.21 Å². The van der Waals surface area contributed by atoms with Crippen molar-refractivity contribution in [2.75, 3.05) is 11.1 Å². The highest BCUT2D eigenvalue weighted by molar-refractivity contribution is 6.03. The second-order valence-corrected chi connectivity index (χ2v) is 3.53. The van der Waals surface area contributed by atoms with Gasteiger partial charge in [-0.2, -0.15) is 4.73 Å². The smallest absolute Gasteiger partial charge is 0.261 e. The number of carbonyl (C=O) groups excluding carboxylic acids is 1. The van der Waals surface area contributed by atoms with Crippen molar-refractivity contribution in [3.05, 3.63) is 59.6 Å². The van der Waals surface area contributed by atoms with Crippen LogP contribution in [-0.2, 0) is 0 Å². The molecular weight excluding hydrogens is 218 g/mol. The van der Waals surface area contributed by atoms with Crippen molar-refractivity contribution in [1.29, 1.82) is 0 Å². The van der Waals surface area contributed by atoms with Crippen molar-refractivity contribution in [2.24, 2.45) is 0 Å². The van der Waals surface area contributed by atoms with Gasteiger partial charge in [-0.15, -0.1) is 0 Å². The van der Waals surface area contributed by atoms with E-state index in [-0.39, 0.29) is 5.91 Å². The molecule has 0 aliphatic heterocycles. The van der Waals surface area contributed by atoms with Crippen LogP contribution < -0.4 is 15.8 Å². The first-order chi connectivity index (χ1) is 8.15. The lowest BCUT2D eigenvalue weighted by Crippen LogP contribution is -2.27. The Morgan fingerprint density at radius 3 is 2.59 bits per heavy atom. The Hall–Kier alpha value is -2.56. The number of nitrogens with two attached hydrogens (primary N) is 1. The van der Waals surface area contributed by atoms with Crippen molar-refractivity contribution >= 4 is 17.3 Å². The molecule has 1 aromatic heterocycles. The minimum Gasteiger partial charge on any atom is -0.619 e. The molecule has 0 aliphatic rings. The maximum absolute atomic E-state index is 11.8. The summed E-state index contributed by atoms with van der Waals surface area (Å²) in [4.78, 5) is 11.8. The number of aromatic nitrogens is 1. The zero-order valence-electron chi connectivity index (χ0n) is 8.96. The highest BCUT2D eigenvalue weighted by Crippen LogP contribution is 2.11. The summed E-state index contributed by atoms with van der Waals surface area (Å²) < 4.78 is 0.581. The van der Waals surface area contributed by atoms with Crippen molar-refractivity contribution in [3.8, 4) is 0 Å². The number of hydrogen-bond acceptors (Lipinski definition) is 3. The van der Waals surface area contributed by atoms with Crippen molar-refractivity contribution < 1.29 is 9.52 Å². The molecule has 5 nitrogen and oxygen atoms in total. The Morgan fingerprint density at radius 2 is 1.94 bits per heavy atom. The predicted molar refractivity (Wildman–Crippen MR) is 64.2 cm³/mol. The monoisotopic (exact) mass is 229 g/mol. The Bertz CT molecular complexity index is 538. The SMILES string of the molecule is Nc1ccc(NC(=O)c2ccc[n+]([O-])c2)cc1. The third-order valence-corrected chi connectivity index (χ3v) is 2.21. The predicted octanol–water partition coefficient (Wildman–Crippen LogP) is 1.15. The minimum atomic E-state index is -0.333. The van der Waals surface area contributed by atoms with Crippen LogP contribution in [0.2, 0.25) is 0 Å². The number of amides is 1. The lowest BCUT2D eigenvalue weighted by atomic mass is 10.2. The van der Waals surface area contributed by atoms with Crippen molar-refractivity contribution in [3.63, 3.8) is 0 Å². The molecular formula is C12H11N3O2. The van der Waals surface area contributed by atoms with E-state index in [1.165, 1.54) is 18.5 Å². The molecule has 0 fully saturated rings. The van der Waals surface area contributed by atoms with E-state index in [1.54, 1.807) is 30.3 Å². The Labute approximate surface area is 98.1 Å². The zero-order valence-corrected chi connectivity index (χ0v) is 8.96. The van der Waals surface area contributed by atoms with Crippen LogP contribution in [-0.4, -0.2) is 5.91 Å². The van der Waals surface area contributed by atoms with E-state index in [0.717, 1.165) is 0 Å². The number of rotatable bonds is 2. The summed E-state index contributed by atoms with van der Waals surface area (Å²) in [5.74, 6) is -0.333. The molecule has 1 aromatic carbocycles. The Kier molecular flexibility index (Phi) is 2.91. The van der Waals surface area contributed by atoms with Crippen LogP contribution in [0.3, 0.4) is 0 Å². The van der Waals surface area contributed by atoms with E-state index in [0.29, 0.717) is 21.7 Å². The second-order valence-electron chi connectivity index (χ2n) is 3.53. The topological polar surface area (TPSA) is 82.1 Å². The fourth-order valence-corrected chi connectivity index (χ4v) is 1.36. The fraction of sp³-hybridized carbons (Fsp3) is 0. The van der Waals surface area contributed by atoms with E-state index < -0.39 is 0 Å². The third-order valence-electron chi connectivity index (χ3n) is 2.21. The lowest BCUT2D eigenvalue weighted by Gasteiger charge is -2.05. The molecule has 0 saturated carbocycles. The molecule has 17 heavy (non-hydrogen) atoms. The van der Waals surface area contributed by atoms with E-state index in [9.17, 15) is 10.0 Å². The number of hydrogen-bond donors (Lipinski definition) is 2. The Morgan fingerprint density at radius 1 is 1.24 bits per heavy atom. The molecule has 5 heteroatoms. The van der Waals surface area contributed by atoms with Gasteiger partial charge < -0.3 is 16.3 Å². The van der Waals surface area contributed by atoms with Gasteiger partial charge in [0.2, 0.25) is 0 Å². The maximum Gasteiger partial charge on any atom is 0.261 e. The molecule has 1 amide bonds. The lowest BCUT2D eigenvalue weighted by molar-refractivity contribution is -0.605. The van der Waals surface area contributed by atoms with Crippen LogP contribution in [0.5, 0.6) is 0 Å². The zero-order chi connectivity index (χ0) is 12.3. The first kappa shape index (κ1) is 10.9. The molecule has 0 aliphatic carbocycles. The standard InChI is InChI=1S/C12H11N3O2/c13-10-3-5-11(6-4-10)14-12(16)9-2-1-7-15(17)8-9/h1-8H,13H2,(H,14,16). The first-order valence-electron chi connectivity index (χ1n) is 5.01. The number of nitrogen functional groups attached to an aromatic ring is 1. The largest absolute Gasteiger partial charge is 0.619 e. The summed E-state index contributed by atoms with van der Waals surface area (Å²) in [5.41, 5.74) is 7.09. The van der Waals surface area contributed by atoms with Crippen molar-refractivity contribution in [2.45, 2.75) is 0 Å². The number of nitrogens with one attached hydrogen (secondary N) is 1. The summed E-state index contributed by atoms with van der Waals surface area (Å²) in [7, 11) is 0. The summed E-state index contributed by atoms with van der Waals surface area (Å²) in [5, 5.41) is 13.7. The van der Waals surface area contributed by atoms with Crippen LogP contribution >= 0.6 is 0 Å². The highest BCUT2D eigenvalue weighted by atomic mass is 16.5. The van der Waals surface area contributed by atoms with Crippen LogP contribution in [0.15, 0.2) is 48.8 Å². The average molecular weight is 229 g/mol. The molecule has 2 aromatic rings. The third kappa shape index (κ3) is 2.72. The fourth-order valence-electron chi connectivity index (χ4n) is 1.36. The van der Waals surface area contributed by atoms with Gasteiger partial charge in [0.15, 0.2) is 12.4 Å². The minimum absolute atomic E-state index is 0.305. The van der Waals surface area contributed by atoms with Crippen molar-refractivity contribution in [1.82, 2.24) is 0 Å². The van der Waals surface area contributed by atoms with Gasteiger partial charge in [-0.25, -0.2) is 0 Å². The molecule has 0 saturated heterocycles. The maximum atomic E-state index is 11.8. The van der Waals surface area contributed by atoms with Gasteiger partial charge >= 0.3 is 0 Å². The molecule has 3 N–H and O–H groups in total. The summed E-state index contributed by atoms with van der Waals surface area (Å²) in [6.07, 6.45) is 2.53. The van der Waals surface area contributed by atoms with Gasteiger partial charge in [-0.1, -0.05) is 0 Å². The number of benzene rings is 1. The number of anilines is 2. The summed E-state index contributed by atoms with van der Waals surface area (Å²) >= 11 is 0. The molecule has 0 bridgehead atoms. The van der Waals surface area contributed by atoms with E-state index in [2.05, 4.69) is 5.32 Å². The van der Waals surface area contributed by atoms with Gasteiger partial charge in [0.1, 0.15) is 5.56 Å². The van der Waals surface area contributed by atoms with Gasteiger partial charge in [-0.3, -0.25) is 4.79 Å². The normalized spacial score (nSPS) is 9.88. The van der Waals surface area contributed by atoms with Gasteiger partial charge in [-0.05, 0) is 30.3 Å². The van der Waals surface area contributed by atoms with Gasteiger partial charge in [0.25, 0.3) is 5.91 Å². The number of carbonyl (C=O) groups is 1. The van der Waals surface area contributed by atoms with Crippen LogP contribution in [0.1, 0.15) is 10.4 Å². The summed E-state index contributed by atoms with van der Waals surface area (Å²) in [6.45, 7) is 0. The van der Waals surface area contributed by atoms with Crippen LogP contribution in [0.25, 0.3) is 0 Å². The first-order valence-corrected chi connectivity index (χ1v) is 5.01. The number of nitrogens with zero attached hydrogens (tertiary/aromatic N) is 1. The molecule has 86 valence electrons. The molecule has 0 spiro atoms. The average Bonchev–Trinajstić information content (AvgIpc) is 2.32. The van der Waals surface area contributed by atoms with Gasteiger partial charge in [0.05, 0.1) is 0 Å². The second kappa shape index (κ2) is 4.52. The van der Waals surface area contributed by atoms with E-state index in [4.69, 9.17) is 5.73 Å². The molecule has 0 unspecified atom stereocenters. The van der Waals surface area contributed by atoms with Crippen LogP contribution in [0.4, 0.5) is 11.4 Å². The Balaban J connectivity index is 2.14. The molecule has 0 radical (unpaired) electrons. The summed E-state index contributed by atoms with van der Waals surface area (Å²) in [6, 6.07) is 9.86. The highest BCUT2D eigenvalue weighted by Gasteiger charge is 2.08. The van der Waals surface area contributed by atoms with E-state index in [1.807, 2.05) is 0 Å². The van der Waals surface area contributed by atoms with E-state index >= 15 is 0 Å². The van der Waals surface area contributed by atoms with Gasteiger partial charge in [0, 0.05) is 17.4 Å². The molecule has 2 rings (SSSR count). The molecule has 1 heterocycles. The quantitative estimate of drug-likeness (QED) is 0.460. The number of pyridine rings is 1. The molecule has 0 atom stereocenters.